The molecular formula is C21H18N4O. The van der Waals surface area contributed by atoms with Crippen LogP contribution in [0.3, 0.4) is 0 Å². The fourth-order valence-electron chi connectivity index (χ4n) is 2.99. The molecule has 4 aromatic rings. The average molecular weight is 342 g/mol. The normalized spacial score (nSPS) is 12.0. The largest absolute Gasteiger partial charge is 0.345 e. The number of hydrogen-bond donors (Lipinski definition) is 1. The molecule has 0 aliphatic rings. The van der Waals surface area contributed by atoms with E-state index in [1.807, 2.05) is 66.2 Å². The van der Waals surface area contributed by atoms with E-state index in [0.29, 0.717) is 5.56 Å². The van der Waals surface area contributed by atoms with Crippen LogP contribution in [0.1, 0.15) is 28.9 Å². The Morgan fingerprint density at radius 1 is 1.04 bits per heavy atom. The summed E-state index contributed by atoms with van der Waals surface area (Å²) in [7, 11) is 0. The first-order valence-electron chi connectivity index (χ1n) is 8.45. The highest BCUT2D eigenvalue weighted by Gasteiger charge is 2.14. The van der Waals surface area contributed by atoms with E-state index in [1.165, 1.54) is 0 Å². The molecule has 2 aromatic heterocycles. The van der Waals surface area contributed by atoms with Crippen LogP contribution in [0.15, 0.2) is 79.5 Å². The fraction of sp³-hybridized carbons (Fsp3) is 0.0952. The summed E-state index contributed by atoms with van der Waals surface area (Å²) in [4.78, 5) is 21.1. The predicted molar refractivity (Wildman–Crippen MR) is 101 cm³/mol. The molecule has 1 N–H and O–H groups in total. The number of para-hydroxylation sites is 1. The van der Waals surface area contributed by atoms with Crippen molar-refractivity contribution in [2.75, 3.05) is 0 Å². The molecule has 0 saturated heterocycles. The molecule has 0 aliphatic heterocycles. The standard InChI is InChI=1S/C21H18N4O/c1-15(16-7-9-18(10-8-16)25-13-12-22-14-25)24-21(26)19-6-2-4-17-5-3-11-23-20(17)19/h2-15H,1H3,(H,24,26). The number of imidazole rings is 1. The van der Waals surface area contributed by atoms with Gasteiger partial charge < -0.3 is 9.88 Å². The Kier molecular flexibility index (Phi) is 4.19. The molecule has 1 unspecified atom stereocenters. The maximum Gasteiger partial charge on any atom is 0.253 e. The zero-order chi connectivity index (χ0) is 17.9. The zero-order valence-corrected chi connectivity index (χ0v) is 14.3. The monoisotopic (exact) mass is 342 g/mol. The molecule has 4 rings (SSSR count). The van der Waals surface area contributed by atoms with Crippen molar-refractivity contribution >= 4 is 16.8 Å². The van der Waals surface area contributed by atoms with Gasteiger partial charge in [0, 0.05) is 29.7 Å². The van der Waals surface area contributed by atoms with Crippen LogP contribution in [-0.2, 0) is 0 Å². The quantitative estimate of drug-likeness (QED) is 0.612. The number of aromatic nitrogens is 3. The van der Waals surface area contributed by atoms with E-state index in [0.717, 1.165) is 22.2 Å². The van der Waals surface area contributed by atoms with Crippen LogP contribution >= 0.6 is 0 Å². The second-order valence-corrected chi connectivity index (χ2v) is 6.14. The van der Waals surface area contributed by atoms with Gasteiger partial charge in [0.25, 0.3) is 5.91 Å². The molecule has 0 saturated carbocycles. The fourth-order valence-corrected chi connectivity index (χ4v) is 2.99. The van der Waals surface area contributed by atoms with E-state index in [2.05, 4.69) is 15.3 Å². The maximum absolute atomic E-state index is 12.7. The van der Waals surface area contributed by atoms with E-state index < -0.39 is 0 Å². The zero-order valence-electron chi connectivity index (χ0n) is 14.3. The van der Waals surface area contributed by atoms with Gasteiger partial charge in [-0.05, 0) is 36.8 Å². The Morgan fingerprint density at radius 2 is 1.85 bits per heavy atom. The first kappa shape index (κ1) is 16.0. The summed E-state index contributed by atoms with van der Waals surface area (Å²) in [6, 6.07) is 17.4. The van der Waals surface area contributed by atoms with Gasteiger partial charge in [0.2, 0.25) is 0 Å². The number of benzene rings is 2. The van der Waals surface area contributed by atoms with Gasteiger partial charge in [-0.15, -0.1) is 0 Å². The molecule has 0 fully saturated rings. The molecular weight excluding hydrogens is 324 g/mol. The van der Waals surface area contributed by atoms with Gasteiger partial charge in [0.1, 0.15) is 0 Å². The highest BCUT2D eigenvalue weighted by atomic mass is 16.1. The Hall–Kier alpha value is -3.47. The molecule has 0 radical (unpaired) electrons. The van der Waals surface area contributed by atoms with Gasteiger partial charge in [-0.2, -0.15) is 0 Å². The number of amides is 1. The van der Waals surface area contributed by atoms with Crippen LogP contribution in [0.2, 0.25) is 0 Å². The molecule has 2 heterocycles. The molecule has 26 heavy (non-hydrogen) atoms. The van der Waals surface area contributed by atoms with Crippen LogP contribution in [0.25, 0.3) is 16.6 Å². The molecule has 0 spiro atoms. The highest BCUT2D eigenvalue weighted by molar-refractivity contribution is 6.05. The molecule has 1 amide bonds. The van der Waals surface area contributed by atoms with Gasteiger partial charge in [-0.25, -0.2) is 4.98 Å². The lowest BCUT2D eigenvalue weighted by Crippen LogP contribution is -2.27. The summed E-state index contributed by atoms with van der Waals surface area (Å²) in [5.74, 6) is -0.125. The van der Waals surface area contributed by atoms with Crippen molar-refractivity contribution in [2.24, 2.45) is 0 Å². The van der Waals surface area contributed by atoms with Crippen molar-refractivity contribution in [3.8, 4) is 5.69 Å². The average Bonchev–Trinajstić information content (AvgIpc) is 3.22. The Bertz CT molecular complexity index is 1030. The highest BCUT2D eigenvalue weighted by Crippen LogP contribution is 2.19. The lowest BCUT2D eigenvalue weighted by atomic mass is 10.1. The minimum Gasteiger partial charge on any atom is -0.345 e. The summed E-state index contributed by atoms with van der Waals surface area (Å²) in [5.41, 5.74) is 3.37. The predicted octanol–water partition coefficient (Wildman–Crippen LogP) is 3.91. The van der Waals surface area contributed by atoms with Crippen LogP contribution in [0.4, 0.5) is 0 Å². The number of rotatable bonds is 4. The topological polar surface area (TPSA) is 59.8 Å². The minimum absolute atomic E-state index is 0.113. The number of pyridine rings is 1. The molecule has 5 heteroatoms. The van der Waals surface area contributed by atoms with E-state index in [4.69, 9.17) is 0 Å². The number of nitrogens with one attached hydrogen (secondary N) is 1. The third kappa shape index (κ3) is 3.07. The van der Waals surface area contributed by atoms with Crippen molar-refractivity contribution in [3.63, 3.8) is 0 Å². The van der Waals surface area contributed by atoms with Crippen LogP contribution in [0.5, 0.6) is 0 Å². The number of nitrogens with zero attached hydrogens (tertiary/aromatic N) is 3. The molecule has 2 aromatic carbocycles. The van der Waals surface area contributed by atoms with E-state index in [1.54, 1.807) is 24.8 Å². The summed E-state index contributed by atoms with van der Waals surface area (Å²) in [6.45, 7) is 1.97. The molecule has 1 atom stereocenters. The number of carbonyl (C=O) groups is 1. The van der Waals surface area contributed by atoms with E-state index in [-0.39, 0.29) is 11.9 Å². The van der Waals surface area contributed by atoms with Crippen LogP contribution < -0.4 is 5.32 Å². The second kappa shape index (κ2) is 6.80. The molecule has 0 aliphatic carbocycles. The van der Waals surface area contributed by atoms with Gasteiger partial charge >= 0.3 is 0 Å². The van der Waals surface area contributed by atoms with Crippen LogP contribution in [0, 0.1) is 0 Å². The molecule has 128 valence electrons. The Balaban J connectivity index is 1.54. The molecule has 0 bridgehead atoms. The summed E-state index contributed by atoms with van der Waals surface area (Å²) < 4.78 is 1.94. The van der Waals surface area contributed by atoms with Crippen LogP contribution in [-0.4, -0.2) is 20.4 Å². The van der Waals surface area contributed by atoms with Crippen molar-refractivity contribution in [3.05, 3.63) is 90.6 Å². The SMILES string of the molecule is CC(NC(=O)c1cccc2cccnc12)c1ccc(-n2ccnc2)cc1. The Labute approximate surface area is 151 Å². The lowest BCUT2D eigenvalue weighted by molar-refractivity contribution is 0.0941. The van der Waals surface area contributed by atoms with Gasteiger partial charge in [0.05, 0.1) is 23.4 Å². The van der Waals surface area contributed by atoms with E-state index >= 15 is 0 Å². The number of carbonyl (C=O) groups excluding carboxylic acids is 1. The Morgan fingerprint density at radius 3 is 2.62 bits per heavy atom. The first-order valence-corrected chi connectivity index (χ1v) is 8.45. The third-order valence-corrected chi connectivity index (χ3v) is 4.42. The van der Waals surface area contributed by atoms with Crippen molar-refractivity contribution in [1.82, 2.24) is 19.9 Å². The molecule has 5 nitrogen and oxygen atoms in total. The van der Waals surface area contributed by atoms with Gasteiger partial charge in [-0.3, -0.25) is 9.78 Å². The number of hydrogen-bond acceptors (Lipinski definition) is 3. The number of fused-ring (bicyclic) bond motifs is 1. The van der Waals surface area contributed by atoms with E-state index in [9.17, 15) is 4.79 Å². The second-order valence-electron chi connectivity index (χ2n) is 6.14. The van der Waals surface area contributed by atoms with Crippen molar-refractivity contribution in [2.45, 2.75) is 13.0 Å². The summed E-state index contributed by atoms with van der Waals surface area (Å²) in [5, 5.41) is 4.02. The minimum atomic E-state index is -0.125. The first-order chi connectivity index (χ1) is 12.7. The summed E-state index contributed by atoms with van der Waals surface area (Å²) in [6.07, 6.45) is 7.10. The van der Waals surface area contributed by atoms with Gasteiger partial charge in [-0.1, -0.05) is 30.3 Å². The smallest absolute Gasteiger partial charge is 0.253 e. The van der Waals surface area contributed by atoms with Crippen molar-refractivity contribution < 1.29 is 4.79 Å². The van der Waals surface area contributed by atoms with Crippen molar-refractivity contribution in [1.29, 1.82) is 0 Å². The summed E-state index contributed by atoms with van der Waals surface area (Å²) >= 11 is 0. The van der Waals surface area contributed by atoms with Gasteiger partial charge in [0.15, 0.2) is 0 Å². The third-order valence-electron chi connectivity index (χ3n) is 4.42. The lowest BCUT2D eigenvalue weighted by Gasteiger charge is -2.15. The maximum atomic E-state index is 12.7.